The van der Waals surface area contributed by atoms with E-state index in [9.17, 15) is 0 Å². The predicted molar refractivity (Wildman–Crippen MR) is 93.5 cm³/mol. The van der Waals surface area contributed by atoms with Gasteiger partial charge in [0, 0.05) is 31.9 Å². The Morgan fingerprint density at radius 2 is 2.35 bits per heavy atom. The van der Waals surface area contributed by atoms with Crippen molar-refractivity contribution >= 4 is 11.6 Å². The number of imidazole rings is 1. The van der Waals surface area contributed by atoms with Crippen LogP contribution in [0.15, 0.2) is 24.5 Å². The normalized spacial score (nSPS) is 18.6. The number of hydrogen-bond donors (Lipinski definition) is 1. The van der Waals surface area contributed by atoms with Crippen LogP contribution in [0, 0.1) is 5.92 Å². The SMILES string of the molecule is CCCCc1nc(Cl)c(CN2CCC(Cc3cccnc3)C2)[nH]1. The molecule has 124 valence electrons. The summed E-state index contributed by atoms with van der Waals surface area (Å²) in [5, 5.41) is 0.645. The Hall–Kier alpha value is -1.39. The molecule has 3 heterocycles. The third kappa shape index (κ3) is 4.55. The van der Waals surface area contributed by atoms with Gasteiger partial charge in [-0.1, -0.05) is 31.0 Å². The molecule has 0 saturated carbocycles. The van der Waals surface area contributed by atoms with Crippen molar-refractivity contribution in [2.24, 2.45) is 5.92 Å². The molecular formula is C18H25ClN4. The second-order valence-corrected chi connectivity index (χ2v) is 6.87. The van der Waals surface area contributed by atoms with Crippen LogP contribution in [0.1, 0.15) is 43.3 Å². The molecule has 0 aromatic carbocycles. The lowest BCUT2D eigenvalue weighted by Gasteiger charge is -2.15. The number of pyridine rings is 1. The lowest BCUT2D eigenvalue weighted by atomic mass is 10.0. The topological polar surface area (TPSA) is 44.8 Å². The highest BCUT2D eigenvalue weighted by Gasteiger charge is 2.24. The van der Waals surface area contributed by atoms with Gasteiger partial charge in [0.1, 0.15) is 5.82 Å². The van der Waals surface area contributed by atoms with Gasteiger partial charge in [-0.25, -0.2) is 4.98 Å². The Kier molecular flexibility index (Phi) is 5.68. The van der Waals surface area contributed by atoms with Crippen LogP contribution in [0.25, 0.3) is 0 Å². The first-order valence-corrected chi connectivity index (χ1v) is 8.97. The molecule has 2 aromatic rings. The molecular weight excluding hydrogens is 308 g/mol. The summed E-state index contributed by atoms with van der Waals surface area (Å²) >= 11 is 6.29. The molecule has 0 amide bonds. The second-order valence-electron chi connectivity index (χ2n) is 6.51. The highest BCUT2D eigenvalue weighted by Crippen LogP contribution is 2.24. The summed E-state index contributed by atoms with van der Waals surface area (Å²) in [7, 11) is 0. The summed E-state index contributed by atoms with van der Waals surface area (Å²) in [6.45, 7) is 5.32. The Balaban J connectivity index is 1.52. The van der Waals surface area contributed by atoms with Crippen molar-refractivity contribution in [3.05, 3.63) is 46.8 Å². The first-order chi connectivity index (χ1) is 11.2. The lowest BCUT2D eigenvalue weighted by Crippen LogP contribution is -2.21. The molecule has 2 aromatic heterocycles. The number of aromatic nitrogens is 3. The van der Waals surface area contributed by atoms with Crippen LogP contribution in [-0.2, 0) is 19.4 Å². The van der Waals surface area contributed by atoms with E-state index in [1.165, 1.54) is 18.4 Å². The van der Waals surface area contributed by atoms with Crippen molar-refractivity contribution in [2.75, 3.05) is 13.1 Å². The first kappa shape index (κ1) is 16.5. The molecule has 23 heavy (non-hydrogen) atoms. The van der Waals surface area contributed by atoms with Gasteiger partial charge in [-0.2, -0.15) is 0 Å². The molecule has 4 nitrogen and oxygen atoms in total. The van der Waals surface area contributed by atoms with E-state index in [4.69, 9.17) is 11.6 Å². The number of nitrogens with one attached hydrogen (secondary N) is 1. The molecule has 3 rings (SSSR count). The minimum atomic E-state index is 0.645. The van der Waals surface area contributed by atoms with E-state index in [0.29, 0.717) is 11.1 Å². The number of rotatable bonds is 7. The van der Waals surface area contributed by atoms with Gasteiger partial charge in [-0.05, 0) is 43.4 Å². The zero-order valence-electron chi connectivity index (χ0n) is 13.8. The van der Waals surface area contributed by atoms with Gasteiger partial charge in [-0.15, -0.1) is 0 Å². The summed E-state index contributed by atoms with van der Waals surface area (Å²) in [6, 6.07) is 4.19. The summed E-state index contributed by atoms with van der Waals surface area (Å²) in [5.41, 5.74) is 2.40. The van der Waals surface area contributed by atoms with Crippen molar-refractivity contribution in [1.29, 1.82) is 0 Å². The number of likely N-dealkylation sites (tertiary alicyclic amines) is 1. The van der Waals surface area contributed by atoms with E-state index in [2.05, 4.69) is 32.8 Å². The number of aromatic amines is 1. The average Bonchev–Trinajstić information content (AvgIpc) is 3.14. The maximum Gasteiger partial charge on any atom is 0.151 e. The van der Waals surface area contributed by atoms with Gasteiger partial charge >= 0.3 is 0 Å². The Morgan fingerprint density at radius 3 is 3.13 bits per heavy atom. The van der Waals surface area contributed by atoms with Gasteiger partial charge in [0.05, 0.1) is 5.69 Å². The maximum absolute atomic E-state index is 6.29. The van der Waals surface area contributed by atoms with E-state index in [1.54, 1.807) is 0 Å². The maximum atomic E-state index is 6.29. The van der Waals surface area contributed by atoms with E-state index in [0.717, 1.165) is 50.4 Å². The molecule has 0 radical (unpaired) electrons. The predicted octanol–water partition coefficient (Wildman–Crippen LogP) is 3.87. The molecule has 0 spiro atoms. The highest BCUT2D eigenvalue weighted by atomic mass is 35.5. The molecule has 1 aliphatic rings. The van der Waals surface area contributed by atoms with Crippen molar-refractivity contribution in [1.82, 2.24) is 19.9 Å². The molecule has 5 heteroatoms. The zero-order chi connectivity index (χ0) is 16.1. The van der Waals surface area contributed by atoms with Gasteiger partial charge in [0.15, 0.2) is 5.15 Å². The fraction of sp³-hybridized carbons (Fsp3) is 0.556. The monoisotopic (exact) mass is 332 g/mol. The summed E-state index contributed by atoms with van der Waals surface area (Å²) < 4.78 is 0. The third-order valence-electron chi connectivity index (χ3n) is 4.54. The van der Waals surface area contributed by atoms with Crippen LogP contribution in [-0.4, -0.2) is 32.9 Å². The highest BCUT2D eigenvalue weighted by molar-refractivity contribution is 6.30. The molecule has 1 fully saturated rings. The number of unbranched alkanes of at least 4 members (excludes halogenated alkanes) is 1. The van der Waals surface area contributed by atoms with Crippen molar-refractivity contribution < 1.29 is 0 Å². The zero-order valence-corrected chi connectivity index (χ0v) is 14.5. The molecule has 1 atom stereocenters. The van der Waals surface area contributed by atoms with Gasteiger partial charge < -0.3 is 4.98 Å². The van der Waals surface area contributed by atoms with E-state index in [1.807, 2.05) is 18.5 Å². The Labute approximate surface area is 143 Å². The van der Waals surface area contributed by atoms with Crippen LogP contribution in [0.3, 0.4) is 0 Å². The number of hydrogen-bond acceptors (Lipinski definition) is 3. The largest absolute Gasteiger partial charge is 0.344 e. The second kappa shape index (κ2) is 7.93. The van der Waals surface area contributed by atoms with Crippen molar-refractivity contribution in [3.63, 3.8) is 0 Å². The van der Waals surface area contributed by atoms with E-state index in [-0.39, 0.29) is 0 Å². The summed E-state index contributed by atoms with van der Waals surface area (Å²) in [5.74, 6) is 1.73. The van der Waals surface area contributed by atoms with Gasteiger partial charge in [-0.3, -0.25) is 9.88 Å². The number of nitrogens with zero attached hydrogens (tertiary/aromatic N) is 3. The summed E-state index contributed by atoms with van der Waals surface area (Å²) in [6.07, 6.45) is 9.48. The summed E-state index contributed by atoms with van der Waals surface area (Å²) in [4.78, 5) is 14.5. The van der Waals surface area contributed by atoms with Crippen LogP contribution in [0.5, 0.6) is 0 Å². The number of halogens is 1. The smallest absolute Gasteiger partial charge is 0.151 e. The Morgan fingerprint density at radius 1 is 1.43 bits per heavy atom. The molecule has 1 saturated heterocycles. The number of H-pyrrole nitrogens is 1. The molecule has 0 bridgehead atoms. The molecule has 1 aliphatic heterocycles. The van der Waals surface area contributed by atoms with Crippen molar-refractivity contribution in [3.8, 4) is 0 Å². The van der Waals surface area contributed by atoms with Crippen LogP contribution >= 0.6 is 11.6 Å². The van der Waals surface area contributed by atoms with Crippen molar-refractivity contribution in [2.45, 2.75) is 45.6 Å². The average molecular weight is 333 g/mol. The van der Waals surface area contributed by atoms with Crippen LogP contribution < -0.4 is 0 Å². The fourth-order valence-corrected chi connectivity index (χ4v) is 3.51. The van der Waals surface area contributed by atoms with Crippen LogP contribution in [0.4, 0.5) is 0 Å². The van der Waals surface area contributed by atoms with E-state index < -0.39 is 0 Å². The third-order valence-corrected chi connectivity index (χ3v) is 4.86. The molecule has 1 unspecified atom stereocenters. The lowest BCUT2D eigenvalue weighted by molar-refractivity contribution is 0.313. The molecule has 1 N–H and O–H groups in total. The first-order valence-electron chi connectivity index (χ1n) is 8.59. The van der Waals surface area contributed by atoms with Gasteiger partial charge in [0.25, 0.3) is 0 Å². The molecule has 0 aliphatic carbocycles. The van der Waals surface area contributed by atoms with E-state index >= 15 is 0 Å². The fourth-order valence-electron chi connectivity index (χ4n) is 3.31. The minimum Gasteiger partial charge on any atom is -0.344 e. The standard InChI is InChI=1S/C18H25ClN4/c1-2-3-6-17-21-16(18(19)22-17)13-23-9-7-15(12-23)10-14-5-4-8-20-11-14/h4-5,8,11,15H,2-3,6-7,9-10,12-13H2,1H3,(H,21,22). The quantitative estimate of drug-likeness (QED) is 0.837. The van der Waals surface area contributed by atoms with Crippen LogP contribution in [0.2, 0.25) is 5.15 Å². The minimum absolute atomic E-state index is 0.645. The number of aryl methyl sites for hydroxylation is 1. The Bertz CT molecular complexity index is 611. The van der Waals surface area contributed by atoms with Gasteiger partial charge in [0.2, 0.25) is 0 Å².